The Bertz CT molecular complexity index is 290. The van der Waals surface area contributed by atoms with E-state index >= 15 is 0 Å². The molecule has 0 aromatic carbocycles. The van der Waals surface area contributed by atoms with Crippen molar-refractivity contribution in [1.29, 1.82) is 0 Å². The normalized spacial score (nSPS) is 37.8. The summed E-state index contributed by atoms with van der Waals surface area (Å²) in [5.74, 6) is 0.718. The Labute approximate surface area is 104 Å². The van der Waals surface area contributed by atoms with Gasteiger partial charge in [-0.1, -0.05) is 26.7 Å². The molecular formula is C14H25NO2. The van der Waals surface area contributed by atoms with Crippen molar-refractivity contribution in [3.8, 4) is 0 Å². The number of aliphatic carboxylic acids is 1. The molecule has 0 radical (unpaired) electrons. The summed E-state index contributed by atoms with van der Waals surface area (Å²) in [6.45, 7) is 6.12. The molecule has 0 amide bonds. The van der Waals surface area contributed by atoms with Crippen LogP contribution in [-0.4, -0.2) is 24.2 Å². The van der Waals surface area contributed by atoms with Gasteiger partial charge in [-0.25, -0.2) is 0 Å². The smallest absolute Gasteiger partial charge is 0.308 e. The van der Waals surface area contributed by atoms with Gasteiger partial charge in [-0.3, -0.25) is 4.79 Å². The van der Waals surface area contributed by atoms with Gasteiger partial charge in [0, 0.05) is 13.1 Å². The fraction of sp³-hybridized carbons (Fsp3) is 0.929. The number of rotatable bonds is 3. The number of hydrogen-bond acceptors (Lipinski definition) is 2. The molecule has 0 aromatic rings. The molecule has 2 aliphatic rings. The second-order valence-electron chi connectivity index (χ2n) is 6.48. The van der Waals surface area contributed by atoms with E-state index in [0.29, 0.717) is 6.54 Å². The van der Waals surface area contributed by atoms with Crippen LogP contribution < -0.4 is 5.32 Å². The largest absolute Gasteiger partial charge is 0.481 e. The van der Waals surface area contributed by atoms with Crippen LogP contribution in [0.1, 0.15) is 46.0 Å². The SMILES string of the molecule is CC(C)CC1CCCC2(CNCC2C(=O)O)C1. The highest BCUT2D eigenvalue weighted by atomic mass is 16.4. The summed E-state index contributed by atoms with van der Waals surface area (Å²) in [5.41, 5.74) is 0.0592. The molecule has 3 nitrogen and oxygen atoms in total. The molecule has 3 atom stereocenters. The first-order chi connectivity index (χ1) is 8.03. The summed E-state index contributed by atoms with van der Waals surface area (Å²) in [6.07, 6.45) is 5.99. The maximum absolute atomic E-state index is 11.4. The van der Waals surface area contributed by atoms with E-state index in [-0.39, 0.29) is 11.3 Å². The van der Waals surface area contributed by atoms with Gasteiger partial charge in [-0.2, -0.15) is 0 Å². The molecule has 1 aliphatic carbocycles. The molecule has 1 aliphatic heterocycles. The first-order valence-electron chi connectivity index (χ1n) is 6.97. The van der Waals surface area contributed by atoms with E-state index in [0.717, 1.165) is 31.2 Å². The second kappa shape index (κ2) is 4.97. The number of hydrogen-bond donors (Lipinski definition) is 2. The summed E-state index contributed by atoms with van der Waals surface area (Å²) in [7, 11) is 0. The van der Waals surface area contributed by atoms with E-state index < -0.39 is 5.97 Å². The van der Waals surface area contributed by atoms with Crippen molar-refractivity contribution >= 4 is 5.97 Å². The third-order valence-corrected chi connectivity index (χ3v) is 4.65. The van der Waals surface area contributed by atoms with Crippen LogP contribution in [0.15, 0.2) is 0 Å². The third kappa shape index (κ3) is 2.65. The Hall–Kier alpha value is -0.570. The molecule has 1 heterocycles. The Kier molecular flexibility index (Phi) is 3.76. The first kappa shape index (κ1) is 12.9. The van der Waals surface area contributed by atoms with Gasteiger partial charge in [0.2, 0.25) is 0 Å². The van der Waals surface area contributed by atoms with Crippen molar-refractivity contribution in [2.75, 3.05) is 13.1 Å². The fourth-order valence-electron chi connectivity index (χ4n) is 4.02. The molecule has 2 fully saturated rings. The van der Waals surface area contributed by atoms with Crippen molar-refractivity contribution in [1.82, 2.24) is 5.32 Å². The highest BCUT2D eigenvalue weighted by Gasteiger charge is 2.49. The molecule has 3 unspecified atom stereocenters. The van der Waals surface area contributed by atoms with Gasteiger partial charge in [0.25, 0.3) is 0 Å². The minimum absolute atomic E-state index is 0.0592. The Balaban J connectivity index is 2.06. The van der Waals surface area contributed by atoms with E-state index in [1.54, 1.807) is 0 Å². The minimum Gasteiger partial charge on any atom is -0.481 e. The van der Waals surface area contributed by atoms with Crippen molar-refractivity contribution in [3.05, 3.63) is 0 Å². The Morgan fingerprint density at radius 2 is 2.29 bits per heavy atom. The number of carboxylic acids is 1. The summed E-state index contributed by atoms with van der Waals surface area (Å²) in [6, 6.07) is 0. The van der Waals surface area contributed by atoms with Crippen LogP contribution in [0.4, 0.5) is 0 Å². The summed E-state index contributed by atoms with van der Waals surface area (Å²) in [5, 5.41) is 12.7. The highest BCUT2D eigenvalue weighted by Crippen LogP contribution is 2.48. The predicted octanol–water partition coefficient (Wildman–Crippen LogP) is 2.51. The molecule has 98 valence electrons. The third-order valence-electron chi connectivity index (χ3n) is 4.65. The van der Waals surface area contributed by atoms with Crippen LogP contribution in [0.25, 0.3) is 0 Å². The first-order valence-corrected chi connectivity index (χ1v) is 6.97. The van der Waals surface area contributed by atoms with Gasteiger partial charge in [0.1, 0.15) is 0 Å². The molecule has 3 heteroatoms. The molecule has 17 heavy (non-hydrogen) atoms. The maximum Gasteiger partial charge on any atom is 0.308 e. The van der Waals surface area contributed by atoms with Crippen molar-refractivity contribution in [3.63, 3.8) is 0 Å². The lowest BCUT2D eigenvalue weighted by Crippen LogP contribution is -2.39. The van der Waals surface area contributed by atoms with Gasteiger partial charge in [-0.05, 0) is 36.5 Å². The average molecular weight is 239 g/mol. The topological polar surface area (TPSA) is 49.3 Å². The predicted molar refractivity (Wildman–Crippen MR) is 67.8 cm³/mol. The van der Waals surface area contributed by atoms with Gasteiger partial charge in [0.15, 0.2) is 0 Å². The van der Waals surface area contributed by atoms with Crippen LogP contribution in [0.3, 0.4) is 0 Å². The summed E-state index contributed by atoms with van der Waals surface area (Å²) in [4.78, 5) is 11.4. The van der Waals surface area contributed by atoms with E-state index in [1.807, 2.05) is 0 Å². The fourth-order valence-corrected chi connectivity index (χ4v) is 4.02. The lowest BCUT2D eigenvalue weighted by atomic mass is 9.63. The van der Waals surface area contributed by atoms with E-state index in [9.17, 15) is 9.90 Å². The zero-order chi connectivity index (χ0) is 12.5. The molecule has 1 saturated carbocycles. The molecule has 2 rings (SSSR count). The van der Waals surface area contributed by atoms with Crippen molar-refractivity contribution in [2.45, 2.75) is 46.0 Å². The summed E-state index contributed by atoms with van der Waals surface area (Å²) < 4.78 is 0. The lowest BCUT2D eigenvalue weighted by molar-refractivity contribution is -0.145. The van der Waals surface area contributed by atoms with Crippen LogP contribution >= 0.6 is 0 Å². The molecule has 0 aromatic heterocycles. The van der Waals surface area contributed by atoms with Crippen LogP contribution in [0.5, 0.6) is 0 Å². The quantitative estimate of drug-likeness (QED) is 0.795. The van der Waals surface area contributed by atoms with Crippen molar-refractivity contribution in [2.24, 2.45) is 23.2 Å². The lowest BCUT2D eigenvalue weighted by Gasteiger charge is -2.41. The number of carbonyl (C=O) groups is 1. The maximum atomic E-state index is 11.4. The number of carboxylic acid groups (broad SMARTS) is 1. The molecule has 0 bridgehead atoms. The zero-order valence-electron chi connectivity index (χ0n) is 11.0. The zero-order valence-corrected chi connectivity index (χ0v) is 11.0. The Morgan fingerprint density at radius 3 is 2.94 bits per heavy atom. The van der Waals surface area contributed by atoms with Crippen molar-refractivity contribution < 1.29 is 9.90 Å². The van der Waals surface area contributed by atoms with E-state index in [4.69, 9.17) is 0 Å². The summed E-state index contributed by atoms with van der Waals surface area (Å²) >= 11 is 0. The molecule has 2 N–H and O–H groups in total. The van der Waals surface area contributed by atoms with Gasteiger partial charge >= 0.3 is 5.97 Å². The Morgan fingerprint density at radius 1 is 1.53 bits per heavy atom. The molecule has 1 spiro atoms. The van der Waals surface area contributed by atoms with Gasteiger partial charge in [0.05, 0.1) is 5.92 Å². The average Bonchev–Trinajstić information content (AvgIpc) is 2.60. The van der Waals surface area contributed by atoms with Gasteiger partial charge < -0.3 is 10.4 Å². The molecular weight excluding hydrogens is 214 g/mol. The van der Waals surface area contributed by atoms with Crippen LogP contribution in [0, 0.1) is 23.2 Å². The van der Waals surface area contributed by atoms with Crippen LogP contribution in [0.2, 0.25) is 0 Å². The number of nitrogens with one attached hydrogen (secondary N) is 1. The second-order valence-corrected chi connectivity index (χ2v) is 6.48. The highest BCUT2D eigenvalue weighted by molar-refractivity contribution is 5.72. The monoisotopic (exact) mass is 239 g/mol. The van der Waals surface area contributed by atoms with Gasteiger partial charge in [-0.15, -0.1) is 0 Å². The minimum atomic E-state index is -0.597. The van der Waals surface area contributed by atoms with Crippen LogP contribution in [-0.2, 0) is 4.79 Å². The van der Waals surface area contributed by atoms with E-state index in [1.165, 1.54) is 19.3 Å². The molecule has 1 saturated heterocycles. The van der Waals surface area contributed by atoms with E-state index in [2.05, 4.69) is 19.2 Å². The standard InChI is InChI=1S/C14H25NO2/c1-10(2)6-11-4-3-5-14(7-11)9-15-8-12(14)13(16)17/h10-12,15H,3-9H2,1-2H3,(H,16,17).